The van der Waals surface area contributed by atoms with E-state index in [1.807, 2.05) is 0 Å². The Labute approximate surface area is 128 Å². The first-order valence-corrected chi connectivity index (χ1v) is 6.40. The zero-order valence-corrected chi connectivity index (χ0v) is 11.6. The van der Waals surface area contributed by atoms with Crippen LogP contribution < -0.4 is 4.84 Å². The molecule has 0 saturated carbocycles. The molecule has 1 aromatic heterocycles. The fraction of sp³-hybridized carbons (Fsp3) is 0. The zero-order chi connectivity index (χ0) is 15.7. The molecule has 0 radical (unpaired) electrons. The van der Waals surface area contributed by atoms with Gasteiger partial charge in [-0.1, -0.05) is 16.4 Å². The van der Waals surface area contributed by atoms with E-state index in [0.29, 0.717) is 16.1 Å². The molecule has 0 spiro atoms. The molecule has 3 aromatic rings. The van der Waals surface area contributed by atoms with Gasteiger partial charge in [0.05, 0.1) is 10.5 Å². The van der Waals surface area contributed by atoms with Crippen molar-refractivity contribution in [3.63, 3.8) is 0 Å². The van der Waals surface area contributed by atoms with Crippen LogP contribution in [-0.4, -0.2) is 26.0 Å². The van der Waals surface area contributed by atoms with Gasteiger partial charge < -0.3 is 4.84 Å². The Morgan fingerprint density at radius 3 is 2.64 bits per heavy atom. The summed E-state index contributed by atoms with van der Waals surface area (Å²) in [6.45, 7) is 0. The number of nitro groups is 1. The number of aromatic nitrogens is 3. The molecule has 9 heteroatoms. The van der Waals surface area contributed by atoms with Gasteiger partial charge in [-0.2, -0.15) is 0 Å². The van der Waals surface area contributed by atoms with Crippen LogP contribution in [0.4, 0.5) is 5.69 Å². The van der Waals surface area contributed by atoms with E-state index < -0.39 is 10.9 Å². The second-order valence-electron chi connectivity index (χ2n) is 4.28. The third-order valence-corrected chi connectivity index (χ3v) is 3.10. The largest absolute Gasteiger partial charge is 0.365 e. The first-order chi connectivity index (χ1) is 10.5. The average molecular weight is 319 g/mol. The second kappa shape index (κ2) is 5.41. The Bertz CT molecular complexity index is 875. The lowest BCUT2D eigenvalue weighted by molar-refractivity contribution is -0.384. The lowest BCUT2D eigenvalue weighted by Gasteiger charge is -2.03. The highest BCUT2D eigenvalue weighted by atomic mass is 35.5. The molecule has 0 amide bonds. The Balaban J connectivity index is 1.86. The van der Waals surface area contributed by atoms with Crippen LogP contribution >= 0.6 is 11.6 Å². The van der Waals surface area contributed by atoms with Crippen LogP contribution in [0, 0.1) is 10.1 Å². The Morgan fingerprint density at radius 2 is 1.95 bits per heavy atom. The maximum absolute atomic E-state index is 12.0. The topological polar surface area (TPSA) is 100 Å². The van der Waals surface area contributed by atoms with Gasteiger partial charge in [0.25, 0.3) is 5.69 Å². The lowest BCUT2D eigenvalue weighted by Crippen LogP contribution is -2.21. The number of nitrogens with zero attached hydrogens (tertiary/aromatic N) is 4. The van der Waals surface area contributed by atoms with Crippen molar-refractivity contribution in [3.05, 3.63) is 63.2 Å². The third kappa shape index (κ3) is 2.59. The summed E-state index contributed by atoms with van der Waals surface area (Å²) in [7, 11) is 0. The smallest absolute Gasteiger partial charge is 0.312 e. The van der Waals surface area contributed by atoms with Crippen molar-refractivity contribution in [1.82, 2.24) is 15.2 Å². The van der Waals surface area contributed by atoms with Gasteiger partial charge >= 0.3 is 5.97 Å². The summed E-state index contributed by atoms with van der Waals surface area (Å²) in [5, 5.41) is 18.6. The molecule has 0 atom stereocenters. The number of rotatable bonds is 3. The number of hydrogen-bond acceptors (Lipinski definition) is 6. The number of carbonyl (C=O) groups is 1. The van der Waals surface area contributed by atoms with Crippen LogP contribution in [0.5, 0.6) is 0 Å². The van der Waals surface area contributed by atoms with Crippen molar-refractivity contribution in [2.45, 2.75) is 0 Å². The first kappa shape index (κ1) is 14.0. The minimum absolute atomic E-state index is 0.116. The summed E-state index contributed by atoms with van der Waals surface area (Å²) >= 11 is 5.87. The van der Waals surface area contributed by atoms with E-state index >= 15 is 0 Å². The predicted octanol–water partition coefficient (Wildman–Crippen LogP) is 2.26. The van der Waals surface area contributed by atoms with E-state index in [9.17, 15) is 14.9 Å². The molecule has 2 aromatic carbocycles. The fourth-order valence-electron chi connectivity index (χ4n) is 1.79. The van der Waals surface area contributed by atoms with Gasteiger partial charge in [0, 0.05) is 17.2 Å². The number of hydrogen-bond donors (Lipinski definition) is 0. The van der Waals surface area contributed by atoms with Crippen molar-refractivity contribution < 1.29 is 14.6 Å². The molecule has 0 saturated heterocycles. The highest BCUT2D eigenvalue weighted by molar-refractivity contribution is 6.31. The van der Waals surface area contributed by atoms with Gasteiger partial charge in [-0.15, -0.1) is 5.10 Å². The average Bonchev–Trinajstić information content (AvgIpc) is 2.89. The fourth-order valence-corrected chi connectivity index (χ4v) is 1.96. The Kier molecular flexibility index (Phi) is 3.43. The highest BCUT2D eigenvalue weighted by Gasteiger charge is 2.14. The highest BCUT2D eigenvalue weighted by Crippen LogP contribution is 2.17. The summed E-state index contributed by atoms with van der Waals surface area (Å²) in [6.07, 6.45) is 0. The number of halogens is 1. The third-order valence-electron chi connectivity index (χ3n) is 2.86. The number of fused-ring (bicyclic) bond motifs is 1. The first-order valence-electron chi connectivity index (χ1n) is 6.03. The summed E-state index contributed by atoms with van der Waals surface area (Å²) in [5.74, 6) is -0.721. The number of nitro benzene ring substituents is 1. The molecular weight excluding hydrogens is 312 g/mol. The van der Waals surface area contributed by atoms with Gasteiger partial charge in [-0.3, -0.25) is 10.1 Å². The maximum Gasteiger partial charge on any atom is 0.365 e. The van der Waals surface area contributed by atoms with Crippen LogP contribution in [0.2, 0.25) is 5.02 Å². The summed E-state index contributed by atoms with van der Waals surface area (Å²) in [4.78, 5) is 28.1. The number of carbonyl (C=O) groups excluding carboxylic acids is 1. The minimum atomic E-state index is -0.721. The van der Waals surface area contributed by atoms with Crippen LogP contribution in [0.3, 0.4) is 0 Å². The van der Waals surface area contributed by atoms with Crippen molar-refractivity contribution in [2.24, 2.45) is 0 Å². The van der Waals surface area contributed by atoms with Crippen LogP contribution in [-0.2, 0) is 0 Å². The summed E-state index contributed by atoms with van der Waals surface area (Å²) < 4.78 is 0. The molecule has 0 aliphatic rings. The van der Waals surface area contributed by atoms with E-state index in [0.717, 1.165) is 4.85 Å². The number of non-ortho nitro benzene ring substituents is 1. The van der Waals surface area contributed by atoms with E-state index in [-0.39, 0.29) is 11.3 Å². The Morgan fingerprint density at radius 1 is 1.23 bits per heavy atom. The lowest BCUT2D eigenvalue weighted by atomic mass is 10.2. The Hall–Kier alpha value is -3.00. The summed E-state index contributed by atoms with van der Waals surface area (Å²) in [6, 6.07) is 9.86. The molecule has 22 heavy (non-hydrogen) atoms. The minimum Gasteiger partial charge on any atom is -0.312 e. The van der Waals surface area contributed by atoms with Crippen molar-refractivity contribution >= 4 is 34.3 Å². The summed E-state index contributed by atoms with van der Waals surface area (Å²) in [5.41, 5.74) is 0.981. The van der Waals surface area contributed by atoms with E-state index in [1.54, 1.807) is 18.2 Å². The maximum atomic E-state index is 12.0. The monoisotopic (exact) mass is 318 g/mol. The number of benzene rings is 2. The van der Waals surface area contributed by atoms with Crippen LogP contribution in [0.1, 0.15) is 10.4 Å². The van der Waals surface area contributed by atoms with E-state index in [1.165, 1.54) is 24.3 Å². The molecule has 0 bridgehead atoms. The normalized spacial score (nSPS) is 10.6. The van der Waals surface area contributed by atoms with E-state index in [2.05, 4.69) is 10.3 Å². The molecule has 8 nitrogen and oxygen atoms in total. The molecule has 1 heterocycles. The van der Waals surface area contributed by atoms with E-state index in [4.69, 9.17) is 16.4 Å². The van der Waals surface area contributed by atoms with Gasteiger partial charge in [-0.25, -0.2) is 4.79 Å². The molecule has 0 fully saturated rings. The molecule has 3 rings (SSSR count). The van der Waals surface area contributed by atoms with Gasteiger partial charge in [0.15, 0.2) is 0 Å². The van der Waals surface area contributed by atoms with Gasteiger partial charge in [-0.05, 0) is 35.5 Å². The van der Waals surface area contributed by atoms with Gasteiger partial charge in [0.1, 0.15) is 11.0 Å². The molecular formula is C13H7ClN4O4. The molecule has 0 N–H and O–H groups in total. The van der Waals surface area contributed by atoms with Gasteiger partial charge in [0.2, 0.25) is 0 Å². The van der Waals surface area contributed by atoms with Crippen LogP contribution in [0.25, 0.3) is 11.0 Å². The van der Waals surface area contributed by atoms with Crippen molar-refractivity contribution in [1.29, 1.82) is 0 Å². The molecule has 0 aliphatic heterocycles. The quantitative estimate of drug-likeness (QED) is 0.417. The predicted molar refractivity (Wildman–Crippen MR) is 76.5 cm³/mol. The molecule has 0 aliphatic carbocycles. The molecule has 0 unspecified atom stereocenters. The SMILES string of the molecule is O=C(On1nnc2ccc(Cl)cc21)c1ccc([N+](=O)[O-])cc1. The second-order valence-corrected chi connectivity index (χ2v) is 4.71. The standard InChI is InChI=1S/C13H7ClN4O4/c14-9-3-6-11-12(7-9)17(16-15-11)22-13(19)8-1-4-10(5-2-8)18(20)21/h1-7H. The van der Waals surface area contributed by atoms with Crippen molar-refractivity contribution in [2.75, 3.05) is 0 Å². The zero-order valence-electron chi connectivity index (χ0n) is 10.8. The van der Waals surface area contributed by atoms with Crippen molar-refractivity contribution in [3.8, 4) is 0 Å². The van der Waals surface area contributed by atoms with Crippen LogP contribution in [0.15, 0.2) is 42.5 Å². The molecule has 110 valence electrons.